The molecule has 1 fully saturated rings. The number of rotatable bonds is 6. The van der Waals surface area contributed by atoms with Gasteiger partial charge in [0.05, 0.1) is 12.8 Å². The standard InChI is InChI=1S/C22H33N5O2/c1-16-20(17(2)27(4)26-16)14-24-21(23-3)25-15-22(10-12-29-13-11-22)18-6-8-19(28-5)9-7-18/h6-9H,10-15H2,1-5H3,(H2,23,24,25). The van der Waals surface area contributed by atoms with E-state index in [0.29, 0.717) is 6.54 Å². The van der Waals surface area contributed by atoms with Gasteiger partial charge in [0, 0.05) is 57.1 Å². The zero-order valence-electron chi connectivity index (χ0n) is 18.2. The minimum Gasteiger partial charge on any atom is -0.497 e. The fourth-order valence-corrected chi connectivity index (χ4v) is 3.99. The number of nitrogens with one attached hydrogen (secondary N) is 2. The topological polar surface area (TPSA) is 72.7 Å². The smallest absolute Gasteiger partial charge is 0.191 e. The summed E-state index contributed by atoms with van der Waals surface area (Å²) >= 11 is 0. The SMILES string of the molecule is CN=C(NCc1c(C)nn(C)c1C)NCC1(c2ccc(OC)cc2)CCOCC1. The zero-order valence-corrected chi connectivity index (χ0v) is 18.2. The monoisotopic (exact) mass is 399 g/mol. The van der Waals surface area contributed by atoms with Gasteiger partial charge in [0.25, 0.3) is 0 Å². The minimum atomic E-state index is 0.0161. The van der Waals surface area contributed by atoms with E-state index in [0.717, 1.165) is 50.0 Å². The molecule has 29 heavy (non-hydrogen) atoms. The molecule has 0 spiro atoms. The normalized spacial score (nSPS) is 16.5. The molecule has 1 aliphatic rings. The van der Waals surface area contributed by atoms with E-state index in [9.17, 15) is 0 Å². The van der Waals surface area contributed by atoms with Crippen LogP contribution in [0.3, 0.4) is 0 Å². The second kappa shape index (κ2) is 9.31. The van der Waals surface area contributed by atoms with Gasteiger partial charge in [-0.05, 0) is 44.4 Å². The number of hydrogen-bond acceptors (Lipinski definition) is 4. The molecule has 1 aromatic carbocycles. The van der Waals surface area contributed by atoms with Gasteiger partial charge in [0.15, 0.2) is 5.96 Å². The van der Waals surface area contributed by atoms with Crippen LogP contribution in [0.4, 0.5) is 0 Å². The van der Waals surface area contributed by atoms with Gasteiger partial charge >= 0.3 is 0 Å². The summed E-state index contributed by atoms with van der Waals surface area (Å²) in [5.74, 6) is 1.68. The maximum Gasteiger partial charge on any atom is 0.191 e. The van der Waals surface area contributed by atoms with Gasteiger partial charge in [0.2, 0.25) is 0 Å². The summed E-state index contributed by atoms with van der Waals surface area (Å²) < 4.78 is 12.9. The molecular formula is C22H33N5O2. The van der Waals surface area contributed by atoms with Crippen LogP contribution >= 0.6 is 0 Å². The van der Waals surface area contributed by atoms with Gasteiger partial charge in [-0.15, -0.1) is 0 Å². The highest BCUT2D eigenvalue weighted by atomic mass is 16.5. The van der Waals surface area contributed by atoms with Crippen molar-refractivity contribution >= 4 is 5.96 Å². The van der Waals surface area contributed by atoms with E-state index in [-0.39, 0.29) is 5.41 Å². The highest BCUT2D eigenvalue weighted by Gasteiger charge is 2.34. The first kappa shape index (κ1) is 21.2. The Balaban J connectivity index is 1.69. The van der Waals surface area contributed by atoms with Crippen LogP contribution in [0.15, 0.2) is 29.3 Å². The minimum absolute atomic E-state index is 0.0161. The van der Waals surface area contributed by atoms with Gasteiger partial charge in [0.1, 0.15) is 5.75 Å². The molecule has 0 amide bonds. The molecular weight excluding hydrogens is 366 g/mol. The Hall–Kier alpha value is -2.54. The Morgan fingerprint density at radius 1 is 1.21 bits per heavy atom. The van der Waals surface area contributed by atoms with E-state index in [4.69, 9.17) is 9.47 Å². The third-order valence-corrected chi connectivity index (χ3v) is 6.06. The van der Waals surface area contributed by atoms with Crippen LogP contribution in [-0.4, -0.2) is 49.7 Å². The Bertz CT molecular complexity index is 836. The van der Waals surface area contributed by atoms with Gasteiger partial charge in [-0.3, -0.25) is 9.67 Å². The van der Waals surface area contributed by atoms with Gasteiger partial charge in [-0.1, -0.05) is 12.1 Å². The molecule has 1 aromatic heterocycles. The molecule has 2 N–H and O–H groups in total. The summed E-state index contributed by atoms with van der Waals surface area (Å²) in [6, 6.07) is 8.41. The average Bonchev–Trinajstić information content (AvgIpc) is 3.00. The number of guanidine groups is 1. The molecule has 0 radical (unpaired) electrons. The number of aryl methyl sites for hydroxylation is 2. The maximum absolute atomic E-state index is 5.65. The number of hydrogen-bond donors (Lipinski definition) is 2. The largest absolute Gasteiger partial charge is 0.497 e. The highest BCUT2D eigenvalue weighted by molar-refractivity contribution is 5.79. The summed E-state index contributed by atoms with van der Waals surface area (Å²) in [7, 11) is 5.48. The van der Waals surface area contributed by atoms with Crippen molar-refractivity contribution in [2.75, 3.05) is 33.9 Å². The third-order valence-electron chi connectivity index (χ3n) is 6.06. The van der Waals surface area contributed by atoms with Crippen LogP contribution < -0.4 is 15.4 Å². The second-order valence-electron chi connectivity index (χ2n) is 7.67. The Morgan fingerprint density at radius 3 is 2.45 bits per heavy atom. The van der Waals surface area contributed by atoms with E-state index >= 15 is 0 Å². The lowest BCUT2D eigenvalue weighted by Gasteiger charge is -2.38. The van der Waals surface area contributed by atoms with Crippen molar-refractivity contribution < 1.29 is 9.47 Å². The Kier molecular flexibility index (Phi) is 6.79. The zero-order chi connectivity index (χ0) is 20.9. The molecule has 0 bridgehead atoms. The van der Waals surface area contributed by atoms with Crippen LogP contribution in [-0.2, 0) is 23.7 Å². The van der Waals surface area contributed by atoms with Crippen molar-refractivity contribution in [1.82, 2.24) is 20.4 Å². The molecule has 0 atom stereocenters. The van der Waals surface area contributed by atoms with Gasteiger partial charge in [-0.25, -0.2) is 0 Å². The van der Waals surface area contributed by atoms with Crippen molar-refractivity contribution in [3.63, 3.8) is 0 Å². The predicted octanol–water partition coefficient (Wildman–Crippen LogP) is 2.46. The molecule has 2 heterocycles. The summed E-state index contributed by atoms with van der Waals surface area (Å²) in [5.41, 5.74) is 4.76. The summed E-state index contributed by atoms with van der Waals surface area (Å²) in [6.07, 6.45) is 1.95. The first-order valence-electron chi connectivity index (χ1n) is 10.1. The van der Waals surface area contributed by atoms with Crippen molar-refractivity contribution in [3.05, 3.63) is 46.8 Å². The lowest BCUT2D eigenvalue weighted by Crippen LogP contribution is -2.48. The molecule has 3 rings (SSSR count). The van der Waals surface area contributed by atoms with E-state index < -0.39 is 0 Å². The number of nitrogens with zero attached hydrogens (tertiary/aromatic N) is 3. The number of aliphatic imine (C=N–C) groups is 1. The second-order valence-corrected chi connectivity index (χ2v) is 7.67. The van der Waals surface area contributed by atoms with Crippen LogP contribution in [0.1, 0.15) is 35.4 Å². The molecule has 2 aromatic rings. The van der Waals surface area contributed by atoms with Crippen LogP contribution in [0.2, 0.25) is 0 Å². The number of ether oxygens (including phenoxy) is 2. The molecule has 7 heteroatoms. The van der Waals surface area contributed by atoms with E-state index in [1.807, 2.05) is 37.8 Å². The Labute approximate surface area is 173 Å². The van der Waals surface area contributed by atoms with Crippen LogP contribution in [0, 0.1) is 13.8 Å². The lowest BCUT2D eigenvalue weighted by molar-refractivity contribution is 0.0513. The summed E-state index contributed by atoms with van der Waals surface area (Å²) in [4.78, 5) is 4.42. The van der Waals surface area contributed by atoms with Gasteiger partial charge < -0.3 is 20.1 Å². The van der Waals surface area contributed by atoms with Crippen molar-refractivity contribution in [3.8, 4) is 5.75 Å². The first-order chi connectivity index (χ1) is 14.0. The summed E-state index contributed by atoms with van der Waals surface area (Å²) in [6.45, 7) is 7.17. The van der Waals surface area contributed by atoms with Crippen LogP contribution in [0.5, 0.6) is 5.75 Å². The molecule has 158 valence electrons. The Morgan fingerprint density at radius 2 is 1.90 bits per heavy atom. The van der Waals surface area contributed by atoms with Crippen molar-refractivity contribution in [2.45, 2.75) is 38.6 Å². The van der Waals surface area contributed by atoms with E-state index in [2.05, 4.69) is 39.8 Å². The molecule has 0 unspecified atom stereocenters. The van der Waals surface area contributed by atoms with E-state index in [1.54, 1.807) is 7.11 Å². The average molecular weight is 400 g/mol. The molecule has 1 saturated heterocycles. The quantitative estimate of drug-likeness (QED) is 0.577. The number of aromatic nitrogens is 2. The predicted molar refractivity (Wildman–Crippen MR) is 116 cm³/mol. The maximum atomic E-state index is 5.65. The van der Waals surface area contributed by atoms with Crippen LogP contribution in [0.25, 0.3) is 0 Å². The van der Waals surface area contributed by atoms with Crippen molar-refractivity contribution in [2.24, 2.45) is 12.0 Å². The lowest BCUT2D eigenvalue weighted by atomic mass is 9.74. The first-order valence-corrected chi connectivity index (χ1v) is 10.1. The van der Waals surface area contributed by atoms with Crippen molar-refractivity contribution in [1.29, 1.82) is 0 Å². The molecule has 0 aliphatic carbocycles. The van der Waals surface area contributed by atoms with Gasteiger partial charge in [-0.2, -0.15) is 5.10 Å². The van der Waals surface area contributed by atoms with E-state index in [1.165, 1.54) is 16.8 Å². The molecule has 1 aliphatic heterocycles. The fraction of sp³-hybridized carbons (Fsp3) is 0.545. The fourth-order valence-electron chi connectivity index (χ4n) is 3.99. The number of benzene rings is 1. The summed E-state index contributed by atoms with van der Waals surface area (Å²) in [5, 5.41) is 11.5. The number of methoxy groups -OCH3 is 1. The molecule has 7 nitrogen and oxygen atoms in total. The third kappa shape index (κ3) is 4.72. The highest BCUT2D eigenvalue weighted by Crippen LogP contribution is 2.35. The molecule has 0 saturated carbocycles.